The van der Waals surface area contributed by atoms with E-state index in [9.17, 15) is 4.79 Å². The van der Waals surface area contributed by atoms with Crippen LogP contribution in [0.1, 0.15) is 31.9 Å². The van der Waals surface area contributed by atoms with Crippen LogP contribution in [0.2, 0.25) is 0 Å². The lowest BCUT2D eigenvalue weighted by Crippen LogP contribution is -2.60. The molecule has 0 bridgehead atoms. The van der Waals surface area contributed by atoms with E-state index in [1.807, 2.05) is 18.7 Å². The van der Waals surface area contributed by atoms with Gasteiger partial charge in [-0.05, 0) is 31.4 Å². The van der Waals surface area contributed by atoms with E-state index in [0.29, 0.717) is 6.54 Å². The molecular formula is C15H22N2O. The van der Waals surface area contributed by atoms with Gasteiger partial charge in [0.1, 0.15) is 0 Å². The number of carbonyl (C=O) groups is 1. The minimum absolute atomic E-state index is 0.188. The molecule has 1 amide bonds. The van der Waals surface area contributed by atoms with Gasteiger partial charge in [-0.1, -0.05) is 31.2 Å². The maximum atomic E-state index is 12.2. The second kappa shape index (κ2) is 5.11. The van der Waals surface area contributed by atoms with Crippen molar-refractivity contribution in [1.82, 2.24) is 10.2 Å². The third-order valence-corrected chi connectivity index (χ3v) is 3.58. The van der Waals surface area contributed by atoms with Crippen molar-refractivity contribution in [2.75, 3.05) is 13.1 Å². The molecule has 1 fully saturated rings. The smallest absolute Gasteiger partial charge is 0.242 e. The minimum Gasteiger partial charge on any atom is -0.336 e. The summed E-state index contributed by atoms with van der Waals surface area (Å²) in [4.78, 5) is 14.2. The first-order valence-corrected chi connectivity index (χ1v) is 6.65. The van der Waals surface area contributed by atoms with E-state index < -0.39 is 5.54 Å². The quantitative estimate of drug-likeness (QED) is 0.884. The Bertz CT molecular complexity index is 423. The third kappa shape index (κ3) is 2.72. The first kappa shape index (κ1) is 13.1. The van der Waals surface area contributed by atoms with Gasteiger partial charge in [0.25, 0.3) is 0 Å². The van der Waals surface area contributed by atoms with E-state index in [0.717, 1.165) is 19.5 Å². The van der Waals surface area contributed by atoms with Crippen LogP contribution in [0.5, 0.6) is 0 Å². The molecule has 1 N–H and O–H groups in total. The molecule has 1 aliphatic rings. The molecule has 1 aromatic carbocycles. The van der Waals surface area contributed by atoms with Gasteiger partial charge >= 0.3 is 0 Å². The highest BCUT2D eigenvalue weighted by molar-refractivity contribution is 5.86. The average Bonchev–Trinajstić information content (AvgIpc) is 2.36. The first-order valence-electron chi connectivity index (χ1n) is 6.65. The Labute approximate surface area is 109 Å². The number of hydrogen-bond acceptors (Lipinski definition) is 2. The predicted molar refractivity (Wildman–Crippen MR) is 73.3 cm³/mol. The van der Waals surface area contributed by atoms with Gasteiger partial charge in [0.15, 0.2) is 0 Å². The second-order valence-electron chi connectivity index (χ2n) is 5.45. The molecule has 1 heterocycles. The van der Waals surface area contributed by atoms with E-state index in [4.69, 9.17) is 0 Å². The summed E-state index contributed by atoms with van der Waals surface area (Å²) in [6.07, 6.45) is 1.06. The fourth-order valence-electron chi connectivity index (χ4n) is 2.33. The number of carbonyl (C=O) groups excluding carboxylic acids is 1. The van der Waals surface area contributed by atoms with Crippen LogP contribution in [-0.4, -0.2) is 29.4 Å². The van der Waals surface area contributed by atoms with Gasteiger partial charge in [0.2, 0.25) is 5.91 Å². The van der Waals surface area contributed by atoms with Gasteiger partial charge in [0, 0.05) is 19.6 Å². The summed E-state index contributed by atoms with van der Waals surface area (Å²) in [5.74, 6) is 0.188. The number of piperazine rings is 1. The van der Waals surface area contributed by atoms with Crippen LogP contribution in [0.3, 0.4) is 0 Å². The van der Waals surface area contributed by atoms with Crippen LogP contribution in [0.15, 0.2) is 24.3 Å². The third-order valence-electron chi connectivity index (χ3n) is 3.58. The molecule has 0 aliphatic carbocycles. The molecule has 0 unspecified atom stereocenters. The number of aryl methyl sites for hydroxylation is 1. The molecule has 2 rings (SSSR count). The van der Waals surface area contributed by atoms with E-state index >= 15 is 0 Å². The monoisotopic (exact) mass is 246 g/mol. The maximum absolute atomic E-state index is 12.2. The number of amides is 1. The minimum atomic E-state index is -0.429. The molecule has 0 atom stereocenters. The maximum Gasteiger partial charge on any atom is 0.242 e. The molecule has 3 heteroatoms. The number of nitrogens with zero attached hydrogens (tertiary/aromatic N) is 1. The van der Waals surface area contributed by atoms with Crippen molar-refractivity contribution in [2.24, 2.45) is 0 Å². The van der Waals surface area contributed by atoms with Crippen molar-refractivity contribution in [1.29, 1.82) is 0 Å². The van der Waals surface area contributed by atoms with Crippen molar-refractivity contribution in [3.8, 4) is 0 Å². The summed E-state index contributed by atoms with van der Waals surface area (Å²) in [6, 6.07) is 8.54. The molecule has 0 radical (unpaired) electrons. The summed E-state index contributed by atoms with van der Waals surface area (Å²) >= 11 is 0. The van der Waals surface area contributed by atoms with Crippen LogP contribution < -0.4 is 5.32 Å². The van der Waals surface area contributed by atoms with Crippen molar-refractivity contribution in [2.45, 2.75) is 39.3 Å². The van der Waals surface area contributed by atoms with Gasteiger partial charge in [-0.25, -0.2) is 0 Å². The predicted octanol–water partition coefficient (Wildman–Crippen LogP) is 1.96. The Morgan fingerprint density at radius 3 is 2.44 bits per heavy atom. The molecule has 18 heavy (non-hydrogen) atoms. The number of hydrogen-bond donors (Lipinski definition) is 1. The van der Waals surface area contributed by atoms with E-state index in [1.165, 1.54) is 11.1 Å². The Morgan fingerprint density at radius 2 is 1.83 bits per heavy atom. The van der Waals surface area contributed by atoms with Gasteiger partial charge in [-0.3, -0.25) is 4.79 Å². The van der Waals surface area contributed by atoms with E-state index in [2.05, 4.69) is 36.5 Å². The topological polar surface area (TPSA) is 32.3 Å². The molecule has 0 saturated carbocycles. The van der Waals surface area contributed by atoms with E-state index in [-0.39, 0.29) is 5.91 Å². The summed E-state index contributed by atoms with van der Waals surface area (Å²) in [5.41, 5.74) is 2.12. The number of rotatable bonds is 3. The zero-order valence-electron chi connectivity index (χ0n) is 11.5. The largest absolute Gasteiger partial charge is 0.336 e. The highest BCUT2D eigenvalue weighted by Gasteiger charge is 2.34. The van der Waals surface area contributed by atoms with Crippen molar-refractivity contribution in [3.05, 3.63) is 35.4 Å². The Balaban J connectivity index is 2.06. The lowest BCUT2D eigenvalue weighted by molar-refractivity contribution is -0.140. The molecule has 3 nitrogen and oxygen atoms in total. The van der Waals surface area contributed by atoms with Crippen LogP contribution in [0.4, 0.5) is 0 Å². The first-order chi connectivity index (χ1) is 8.53. The second-order valence-corrected chi connectivity index (χ2v) is 5.45. The highest BCUT2D eigenvalue weighted by atomic mass is 16.2. The average molecular weight is 246 g/mol. The van der Waals surface area contributed by atoms with Crippen LogP contribution in [0.25, 0.3) is 0 Å². The zero-order chi connectivity index (χ0) is 13.2. The summed E-state index contributed by atoms with van der Waals surface area (Å²) in [5, 5.41) is 3.25. The van der Waals surface area contributed by atoms with Gasteiger partial charge in [-0.2, -0.15) is 0 Å². The van der Waals surface area contributed by atoms with Crippen LogP contribution >= 0.6 is 0 Å². The number of benzene rings is 1. The lowest BCUT2D eigenvalue weighted by Gasteiger charge is -2.38. The highest BCUT2D eigenvalue weighted by Crippen LogP contribution is 2.16. The normalized spacial score (nSPS) is 19.1. The summed E-state index contributed by atoms with van der Waals surface area (Å²) in [7, 11) is 0. The molecular weight excluding hydrogens is 224 g/mol. The van der Waals surface area contributed by atoms with E-state index in [1.54, 1.807) is 0 Å². The van der Waals surface area contributed by atoms with Crippen LogP contribution in [-0.2, 0) is 17.8 Å². The fraction of sp³-hybridized carbons (Fsp3) is 0.533. The Morgan fingerprint density at radius 1 is 1.22 bits per heavy atom. The van der Waals surface area contributed by atoms with Crippen molar-refractivity contribution >= 4 is 5.91 Å². The van der Waals surface area contributed by atoms with Gasteiger partial charge in [-0.15, -0.1) is 0 Å². The van der Waals surface area contributed by atoms with Crippen molar-refractivity contribution in [3.63, 3.8) is 0 Å². The van der Waals surface area contributed by atoms with Crippen molar-refractivity contribution < 1.29 is 4.79 Å². The molecule has 1 aromatic rings. The van der Waals surface area contributed by atoms with Gasteiger partial charge < -0.3 is 10.2 Å². The molecule has 1 saturated heterocycles. The SMILES string of the molecule is CCc1ccc(CN2CCNC(C)(C)C2=O)cc1. The molecule has 1 aliphatic heterocycles. The zero-order valence-corrected chi connectivity index (χ0v) is 11.5. The Hall–Kier alpha value is -1.35. The standard InChI is InChI=1S/C15H22N2O/c1-4-12-5-7-13(8-6-12)11-17-10-9-16-15(2,3)14(17)18/h5-8,16H,4,9-11H2,1-3H3. The lowest BCUT2D eigenvalue weighted by atomic mass is 10.00. The Kier molecular flexibility index (Phi) is 3.71. The fourth-order valence-corrected chi connectivity index (χ4v) is 2.33. The molecule has 0 aromatic heterocycles. The number of nitrogens with one attached hydrogen (secondary N) is 1. The molecule has 0 spiro atoms. The van der Waals surface area contributed by atoms with Gasteiger partial charge in [0.05, 0.1) is 5.54 Å². The summed E-state index contributed by atoms with van der Waals surface area (Å²) in [6.45, 7) is 8.41. The summed E-state index contributed by atoms with van der Waals surface area (Å²) < 4.78 is 0. The van der Waals surface area contributed by atoms with Crippen LogP contribution in [0, 0.1) is 0 Å². The molecule has 98 valence electrons.